The second-order valence-electron chi connectivity index (χ2n) is 1.99. The van der Waals surface area contributed by atoms with Crippen LogP contribution in [0.4, 0.5) is 0 Å². The van der Waals surface area contributed by atoms with E-state index in [9.17, 15) is 4.79 Å². The number of hydroxylamine groups is 1. The van der Waals surface area contributed by atoms with Crippen LogP contribution >= 0.6 is 11.3 Å². The van der Waals surface area contributed by atoms with Crippen molar-refractivity contribution in [2.75, 3.05) is 14.2 Å². The zero-order valence-electron chi connectivity index (χ0n) is 6.79. The lowest BCUT2D eigenvalue weighted by molar-refractivity contribution is 0.0542. The molecule has 0 spiro atoms. The van der Waals surface area contributed by atoms with Gasteiger partial charge in [0, 0.05) is 11.4 Å². The van der Waals surface area contributed by atoms with Crippen LogP contribution in [-0.4, -0.2) is 20.1 Å². The minimum Gasteiger partial charge on any atom is -0.496 e. The Morgan fingerprint density at radius 3 is 2.83 bits per heavy atom. The first-order valence-corrected chi connectivity index (χ1v) is 4.11. The highest BCUT2D eigenvalue weighted by molar-refractivity contribution is 7.12. The van der Waals surface area contributed by atoms with E-state index < -0.39 is 0 Å². The van der Waals surface area contributed by atoms with Gasteiger partial charge in [-0.25, -0.2) is 5.48 Å². The van der Waals surface area contributed by atoms with E-state index in [1.807, 2.05) is 0 Å². The number of hydrogen-bond donors (Lipinski definition) is 1. The number of rotatable bonds is 3. The Bertz CT molecular complexity index is 271. The number of hydrogen-bond acceptors (Lipinski definition) is 4. The lowest BCUT2D eigenvalue weighted by atomic mass is 10.4. The Kier molecular flexibility index (Phi) is 3.07. The average molecular weight is 187 g/mol. The summed E-state index contributed by atoms with van der Waals surface area (Å²) in [6, 6.07) is 1.65. The first-order chi connectivity index (χ1) is 5.77. The van der Waals surface area contributed by atoms with E-state index in [4.69, 9.17) is 4.74 Å². The summed E-state index contributed by atoms with van der Waals surface area (Å²) in [5.41, 5.74) is 2.22. The van der Waals surface area contributed by atoms with E-state index in [0.717, 1.165) is 0 Å². The first kappa shape index (κ1) is 9.02. The first-order valence-electron chi connectivity index (χ1n) is 3.23. The van der Waals surface area contributed by atoms with E-state index in [2.05, 4.69) is 10.3 Å². The summed E-state index contributed by atoms with van der Waals surface area (Å²) in [7, 11) is 2.95. The van der Waals surface area contributed by atoms with Crippen molar-refractivity contribution < 1.29 is 14.4 Å². The third-order valence-corrected chi connectivity index (χ3v) is 2.14. The molecule has 1 rings (SSSR count). The normalized spacial score (nSPS) is 9.50. The monoisotopic (exact) mass is 187 g/mol. The van der Waals surface area contributed by atoms with Crippen molar-refractivity contribution in [2.45, 2.75) is 0 Å². The van der Waals surface area contributed by atoms with Gasteiger partial charge in [0.25, 0.3) is 5.91 Å². The van der Waals surface area contributed by atoms with Crippen molar-refractivity contribution in [2.24, 2.45) is 0 Å². The van der Waals surface area contributed by atoms with Crippen LogP contribution in [0.25, 0.3) is 0 Å². The van der Waals surface area contributed by atoms with Crippen LogP contribution in [0, 0.1) is 0 Å². The predicted molar refractivity (Wildman–Crippen MR) is 45.3 cm³/mol. The maximum Gasteiger partial charge on any atom is 0.285 e. The number of thiophene rings is 1. The number of amides is 1. The summed E-state index contributed by atoms with van der Waals surface area (Å²) < 4.78 is 4.91. The van der Waals surface area contributed by atoms with Crippen molar-refractivity contribution in [3.8, 4) is 5.75 Å². The van der Waals surface area contributed by atoms with Crippen LogP contribution in [-0.2, 0) is 4.84 Å². The van der Waals surface area contributed by atoms with Crippen molar-refractivity contribution >= 4 is 17.2 Å². The highest BCUT2D eigenvalue weighted by atomic mass is 32.1. The zero-order valence-corrected chi connectivity index (χ0v) is 7.60. The van der Waals surface area contributed by atoms with Gasteiger partial charge in [-0.05, 0) is 0 Å². The maximum atomic E-state index is 11.1. The fourth-order valence-electron chi connectivity index (χ4n) is 0.688. The van der Waals surface area contributed by atoms with Crippen molar-refractivity contribution in [1.82, 2.24) is 5.48 Å². The van der Waals surface area contributed by atoms with Crippen LogP contribution < -0.4 is 10.2 Å². The van der Waals surface area contributed by atoms with Gasteiger partial charge in [-0.15, -0.1) is 11.3 Å². The number of ether oxygens (including phenoxy) is 1. The molecule has 0 radical (unpaired) electrons. The molecule has 0 aliphatic rings. The molecule has 0 saturated carbocycles. The standard InChI is InChI=1S/C7H9NO3S/c1-10-5-3-6(12-4-5)7(9)8-11-2/h3-4H,1-2H3,(H,8,9). The Balaban J connectivity index is 2.68. The van der Waals surface area contributed by atoms with Crippen LogP contribution in [0.5, 0.6) is 5.75 Å². The van der Waals surface area contributed by atoms with E-state index in [0.29, 0.717) is 10.6 Å². The van der Waals surface area contributed by atoms with Crippen LogP contribution in [0.15, 0.2) is 11.4 Å². The molecule has 0 aliphatic carbocycles. The van der Waals surface area contributed by atoms with Crippen LogP contribution in [0.2, 0.25) is 0 Å². The molecule has 0 saturated heterocycles. The Labute approximate surface area is 74.1 Å². The largest absolute Gasteiger partial charge is 0.496 e. The second kappa shape index (κ2) is 4.08. The molecule has 0 bridgehead atoms. The zero-order chi connectivity index (χ0) is 8.97. The molecule has 1 amide bonds. The topological polar surface area (TPSA) is 47.6 Å². The van der Waals surface area contributed by atoms with Crippen molar-refractivity contribution in [1.29, 1.82) is 0 Å². The molecule has 1 heterocycles. The number of carbonyl (C=O) groups is 1. The van der Waals surface area contributed by atoms with Gasteiger partial charge in [-0.3, -0.25) is 9.63 Å². The molecule has 0 aromatic carbocycles. The fourth-order valence-corrected chi connectivity index (χ4v) is 1.43. The summed E-state index contributed by atoms with van der Waals surface area (Å²) in [5.74, 6) is 0.423. The van der Waals surface area contributed by atoms with Gasteiger partial charge in [0.1, 0.15) is 5.75 Å². The van der Waals surface area contributed by atoms with Gasteiger partial charge in [0.15, 0.2) is 0 Å². The Morgan fingerprint density at radius 1 is 1.58 bits per heavy atom. The van der Waals surface area contributed by atoms with Gasteiger partial charge in [0.2, 0.25) is 0 Å². The molecule has 0 unspecified atom stereocenters. The van der Waals surface area contributed by atoms with E-state index in [-0.39, 0.29) is 5.91 Å². The smallest absolute Gasteiger partial charge is 0.285 e. The minimum atomic E-state index is -0.259. The van der Waals surface area contributed by atoms with E-state index >= 15 is 0 Å². The molecular formula is C7H9NO3S. The minimum absolute atomic E-state index is 0.259. The summed E-state index contributed by atoms with van der Waals surface area (Å²) in [4.78, 5) is 16.1. The lowest BCUT2D eigenvalue weighted by Gasteiger charge is -1.96. The average Bonchev–Trinajstić information content (AvgIpc) is 2.52. The highest BCUT2D eigenvalue weighted by Crippen LogP contribution is 2.20. The quantitative estimate of drug-likeness (QED) is 0.719. The van der Waals surface area contributed by atoms with Gasteiger partial charge < -0.3 is 4.74 Å². The summed E-state index contributed by atoms with van der Waals surface area (Å²) in [6.45, 7) is 0. The van der Waals surface area contributed by atoms with Gasteiger partial charge in [-0.1, -0.05) is 0 Å². The fraction of sp³-hybridized carbons (Fsp3) is 0.286. The second-order valence-corrected chi connectivity index (χ2v) is 2.90. The van der Waals surface area contributed by atoms with Gasteiger partial charge >= 0.3 is 0 Å². The lowest BCUT2D eigenvalue weighted by Crippen LogP contribution is -2.20. The number of carbonyl (C=O) groups excluding carboxylic acids is 1. The molecule has 0 aliphatic heterocycles. The highest BCUT2D eigenvalue weighted by Gasteiger charge is 2.07. The Morgan fingerprint density at radius 2 is 2.33 bits per heavy atom. The summed E-state index contributed by atoms with van der Waals surface area (Å²) >= 11 is 1.31. The van der Waals surface area contributed by atoms with Crippen LogP contribution in [0.1, 0.15) is 9.67 Å². The maximum absolute atomic E-state index is 11.1. The molecule has 1 aromatic rings. The Hall–Kier alpha value is -1.07. The van der Waals surface area contributed by atoms with Gasteiger partial charge in [-0.2, -0.15) is 0 Å². The van der Waals surface area contributed by atoms with Crippen molar-refractivity contribution in [3.63, 3.8) is 0 Å². The molecule has 0 atom stereocenters. The SMILES string of the molecule is CONC(=O)c1cc(OC)cs1. The molecule has 12 heavy (non-hydrogen) atoms. The van der Waals surface area contributed by atoms with Crippen LogP contribution in [0.3, 0.4) is 0 Å². The molecule has 4 nitrogen and oxygen atoms in total. The molecular weight excluding hydrogens is 178 g/mol. The molecule has 5 heteroatoms. The predicted octanol–water partition coefficient (Wildman–Crippen LogP) is 1.05. The molecule has 1 aromatic heterocycles. The van der Waals surface area contributed by atoms with E-state index in [1.165, 1.54) is 18.4 Å². The molecule has 0 fully saturated rings. The van der Waals surface area contributed by atoms with Crippen molar-refractivity contribution in [3.05, 3.63) is 16.3 Å². The summed E-state index contributed by atoms with van der Waals surface area (Å²) in [5, 5.41) is 1.75. The summed E-state index contributed by atoms with van der Waals surface area (Å²) in [6.07, 6.45) is 0. The molecule has 1 N–H and O–H groups in total. The van der Waals surface area contributed by atoms with Gasteiger partial charge in [0.05, 0.1) is 19.1 Å². The number of methoxy groups -OCH3 is 1. The third-order valence-electron chi connectivity index (χ3n) is 1.23. The number of nitrogens with one attached hydrogen (secondary N) is 1. The third kappa shape index (κ3) is 1.96. The molecule has 66 valence electrons. The van der Waals surface area contributed by atoms with E-state index in [1.54, 1.807) is 18.6 Å².